The van der Waals surface area contributed by atoms with Gasteiger partial charge in [-0.15, -0.1) is 0 Å². The summed E-state index contributed by atoms with van der Waals surface area (Å²) in [5.41, 5.74) is 0. The monoisotopic (exact) mass is 283 g/mol. The molecule has 1 aromatic rings. The molecule has 0 radical (unpaired) electrons. The molecule has 2 aliphatic carbocycles. The largest absolute Gasteiger partial charge is 0.508 e. The quantitative estimate of drug-likeness (QED) is 0.799. The lowest BCUT2D eigenvalue weighted by atomic mass is 10.2. The van der Waals surface area contributed by atoms with Gasteiger partial charge in [-0.3, -0.25) is 0 Å². The van der Waals surface area contributed by atoms with Gasteiger partial charge in [-0.1, -0.05) is 30.4 Å². The van der Waals surface area contributed by atoms with Crippen LogP contribution in [0, 0.1) is 0 Å². The van der Waals surface area contributed by atoms with Gasteiger partial charge in [0.2, 0.25) is 0 Å². The zero-order chi connectivity index (χ0) is 13.8. The van der Waals surface area contributed by atoms with Crippen LogP contribution in [0.25, 0.3) is 0 Å². The van der Waals surface area contributed by atoms with E-state index in [1.165, 1.54) is 9.80 Å². The second kappa shape index (κ2) is 6.19. The first-order valence-corrected chi connectivity index (χ1v) is 8.34. The zero-order valence-electron chi connectivity index (χ0n) is 11.4. The van der Waals surface area contributed by atoms with Gasteiger partial charge in [0, 0.05) is 12.8 Å². The third-order valence-electron chi connectivity index (χ3n) is 3.60. The highest BCUT2D eigenvalue weighted by molar-refractivity contribution is 8.01. The van der Waals surface area contributed by atoms with Crippen molar-refractivity contribution in [2.24, 2.45) is 0 Å². The Hall–Kier alpha value is -1.67. The molecule has 0 heterocycles. The Morgan fingerprint density at radius 2 is 2.00 bits per heavy atom. The van der Waals surface area contributed by atoms with Crippen LogP contribution in [0.5, 0.6) is 0 Å². The van der Waals surface area contributed by atoms with Gasteiger partial charge in [-0.2, -0.15) is 0 Å². The molecule has 0 bridgehead atoms. The van der Waals surface area contributed by atoms with Crippen LogP contribution in [0.15, 0.2) is 82.3 Å². The second-order valence-electron chi connectivity index (χ2n) is 5.01. The van der Waals surface area contributed by atoms with Crippen LogP contribution in [0.2, 0.25) is 0 Å². The molecule has 2 aliphatic rings. The maximum atomic E-state index is 9.54. The molecule has 0 aliphatic heterocycles. The summed E-state index contributed by atoms with van der Waals surface area (Å²) < 4.78 is 0. The predicted octanol–water partition coefficient (Wildman–Crippen LogP) is 4.67. The van der Waals surface area contributed by atoms with E-state index in [9.17, 15) is 5.11 Å². The lowest BCUT2D eigenvalue weighted by Crippen LogP contribution is -2.23. The van der Waals surface area contributed by atoms with E-state index in [0.29, 0.717) is 11.0 Å². The molecule has 1 N–H and O–H groups in total. The van der Waals surface area contributed by atoms with E-state index in [1.807, 2.05) is 12.2 Å². The molecule has 2 atom stereocenters. The molecule has 0 saturated carbocycles. The highest BCUT2D eigenvalue weighted by Crippen LogP contribution is 2.34. The van der Waals surface area contributed by atoms with Crippen LogP contribution in [-0.4, -0.2) is 10.4 Å². The Morgan fingerprint density at radius 3 is 2.65 bits per heavy atom. The summed E-state index contributed by atoms with van der Waals surface area (Å²) in [5, 5.41) is 10.0. The SMILES string of the molecule is OC1=CCC([S+](C2=CC=CCC2)c2ccccc2)C=C1. The van der Waals surface area contributed by atoms with Crippen LogP contribution >= 0.6 is 0 Å². The fraction of sp³-hybridized carbons (Fsp3) is 0.222. The van der Waals surface area contributed by atoms with Crippen molar-refractivity contribution in [1.82, 2.24) is 0 Å². The standard InChI is InChI=1S/C18H18OS/c19-15-11-13-18(14-12-15)20(16-7-3-1-4-8-16)17-9-5-2-6-10-17/h1-5,7-9,11-13,18H,6,10,14H2/p+1. The molecule has 1 nitrogen and oxygen atoms in total. The third kappa shape index (κ3) is 2.91. The molecule has 2 heteroatoms. The van der Waals surface area contributed by atoms with Gasteiger partial charge >= 0.3 is 0 Å². The van der Waals surface area contributed by atoms with Gasteiger partial charge in [-0.05, 0) is 42.9 Å². The van der Waals surface area contributed by atoms with Crippen LogP contribution in [0.3, 0.4) is 0 Å². The van der Waals surface area contributed by atoms with E-state index < -0.39 is 0 Å². The Bertz CT molecular complexity index is 581. The highest BCUT2D eigenvalue weighted by Gasteiger charge is 2.35. The topological polar surface area (TPSA) is 20.2 Å². The molecule has 3 rings (SSSR count). The number of hydrogen-bond acceptors (Lipinski definition) is 1. The minimum atomic E-state index is 0.0917. The van der Waals surface area contributed by atoms with Gasteiger partial charge in [0.1, 0.15) is 10.7 Å². The lowest BCUT2D eigenvalue weighted by Gasteiger charge is -2.19. The first kappa shape index (κ1) is 13.3. The van der Waals surface area contributed by atoms with Crippen molar-refractivity contribution in [3.8, 4) is 0 Å². The summed E-state index contributed by atoms with van der Waals surface area (Å²) in [7, 11) is 0.0917. The van der Waals surface area contributed by atoms with Crippen LogP contribution in [0.4, 0.5) is 0 Å². The van der Waals surface area contributed by atoms with Crippen molar-refractivity contribution in [3.05, 3.63) is 77.5 Å². The van der Waals surface area contributed by atoms with Crippen molar-refractivity contribution in [2.45, 2.75) is 29.4 Å². The van der Waals surface area contributed by atoms with Crippen molar-refractivity contribution >= 4 is 10.9 Å². The van der Waals surface area contributed by atoms with Gasteiger partial charge in [-0.25, -0.2) is 0 Å². The van der Waals surface area contributed by atoms with E-state index in [-0.39, 0.29) is 10.9 Å². The maximum Gasteiger partial charge on any atom is 0.160 e. The third-order valence-corrected chi connectivity index (χ3v) is 6.24. The van der Waals surface area contributed by atoms with E-state index >= 15 is 0 Å². The maximum absolute atomic E-state index is 9.54. The predicted molar refractivity (Wildman–Crippen MR) is 86.8 cm³/mol. The zero-order valence-corrected chi connectivity index (χ0v) is 12.2. The van der Waals surface area contributed by atoms with Crippen LogP contribution in [0.1, 0.15) is 19.3 Å². The molecule has 0 aromatic heterocycles. The van der Waals surface area contributed by atoms with Crippen molar-refractivity contribution in [1.29, 1.82) is 0 Å². The Kier molecular flexibility index (Phi) is 4.12. The fourth-order valence-corrected chi connectivity index (χ4v) is 5.19. The summed E-state index contributed by atoms with van der Waals surface area (Å²) >= 11 is 0. The summed E-state index contributed by atoms with van der Waals surface area (Å²) in [5.74, 6) is 0.399. The highest BCUT2D eigenvalue weighted by atomic mass is 32.2. The Labute approximate surface area is 123 Å². The molecule has 102 valence electrons. The van der Waals surface area contributed by atoms with E-state index in [2.05, 4.69) is 54.6 Å². The lowest BCUT2D eigenvalue weighted by molar-refractivity contribution is 0.427. The minimum Gasteiger partial charge on any atom is -0.508 e. The van der Waals surface area contributed by atoms with Gasteiger partial charge in [0.25, 0.3) is 0 Å². The number of aliphatic hydroxyl groups is 1. The smallest absolute Gasteiger partial charge is 0.160 e. The first-order chi connectivity index (χ1) is 9.84. The molecule has 0 amide bonds. The van der Waals surface area contributed by atoms with Crippen LogP contribution < -0.4 is 0 Å². The molecule has 0 fully saturated rings. The van der Waals surface area contributed by atoms with Gasteiger partial charge in [0.05, 0.1) is 10.9 Å². The number of allylic oxidation sites excluding steroid dienone is 6. The number of rotatable bonds is 3. The summed E-state index contributed by atoms with van der Waals surface area (Å²) in [4.78, 5) is 2.93. The minimum absolute atomic E-state index is 0.0917. The molecular weight excluding hydrogens is 264 g/mol. The van der Waals surface area contributed by atoms with E-state index in [1.54, 1.807) is 0 Å². The molecule has 1 aromatic carbocycles. The number of hydrogen-bond donors (Lipinski definition) is 1. The van der Waals surface area contributed by atoms with Gasteiger partial charge in [0.15, 0.2) is 10.1 Å². The summed E-state index contributed by atoms with van der Waals surface area (Å²) in [6, 6.07) is 10.8. The first-order valence-electron chi connectivity index (χ1n) is 7.06. The molecule has 0 saturated heterocycles. The molecule has 20 heavy (non-hydrogen) atoms. The normalized spacial score (nSPS) is 23.1. The van der Waals surface area contributed by atoms with Crippen molar-refractivity contribution in [3.63, 3.8) is 0 Å². The average Bonchev–Trinajstić information content (AvgIpc) is 2.52. The number of aliphatic hydroxyl groups excluding tert-OH is 1. The number of benzene rings is 1. The average molecular weight is 283 g/mol. The summed E-state index contributed by atoms with van der Waals surface area (Å²) in [6.45, 7) is 0. The van der Waals surface area contributed by atoms with Crippen molar-refractivity contribution < 1.29 is 5.11 Å². The molecule has 0 spiro atoms. The second-order valence-corrected chi connectivity index (χ2v) is 7.29. The van der Waals surface area contributed by atoms with Gasteiger partial charge < -0.3 is 5.11 Å². The summed E-state index contributed by atoms with van der Waals surface area (Å²) in [6.07, 6.45) is 15.9. The molecule has 2 unspecified atom stereocenters. The fourth-order valence-electron chi connectivity index (χ4n) is 2.62. The van der Waals surface area contributed by atoms with Crippen LogP contribution in [-0.2, 0) is 10.9 Å². The van der Waals surface area contributed by atoms with E-state index in [4.69, 9.17) is 0 Å². The van der Waals surface area contributed by atoms with Crippen molar-refractivity contribution in [2.75, 3.05) is 0 Å². The molecular formula is C18H19OS+. The Balaban J connectivity index is 1.94. The van der Waals surface area contributed by atoms with E-state index in [0.717, 1.165) is 19.3 Å². The Morgan fingerprint density at radius 1 is 1.15 bits per heavy atom.